The monoisotopic (exact) mass is 291 g/mol. The molecular formula is C19H17NO2. The Balaban J connectivity index is 2.16. The van der Waals surface area contributed by atoms with Crippen LogP contribution in [-0.2, 0) is 4.79 Å². The molecule has 2 aromatic carbocycles. The van der Waals surface area contributed by atoms with E-state index in [0.29, 0.717) is 11.3 Å². The number of amides is 1. The van der Waals surface area contributed by atoms with Crippen molar-refractivity contribution >= 4 is 17.4 Å². The molecule has 0 fully saturated rings. The van der Waals surface area contributed by atoms with Gasteiger partial charge in [0.2, 0.25) is 0 Å². The van der Waals surface area contributed by atoms with E-state index in [0.717, 1.165) is 5.56 Å². The van der Waals surface area contributed by atoms with E-state index in [1.54, 1.807) is 24.3 Å². The zero-order chi connectivity index (χ0) is 15.9. The average Bonchev–Trinajstić information content (AvgIpc) is 2.53. The van der Waals surface area contributed by atoms with E-state index in [4.69, 9.17) is 0 Å². The number of carbonyl (C=O) groups is 2. The molecule has 3 nitrogen and oxygen atoms in total. The van der Waals surface area contributed by atoms with E-state index >= 15 is 0 Å². The number of benzene rings is 2. The Morgan fingerprint density at radius 1 is 0.955 bits per heavy atom. The fourth-order valence-electron chi connectivity index (χ4n) is 1.92. The summed E-state index contributed by atoms with van der Waals surface area (Å²) in [6, 6.07) is 16.2. The lowest BCUT2D eigenvalue weighted by atomic mass is 9.99. The molecule has 0 aliphatic carbocycles. The summed E-state index contributed by atoms with van der Waals surface area (Å²) in [6.07, 6.45) is 0. The van der Waals surface area contributed by atoms with Crippen LogP contribution in [0.15, 0.2) is 54.6 Å². The third kappa shape index (κ3) is 4.07. The lowest BCUT2D eigenvalue weighted by Crippen LogP contribution is -2.15. The molecule has 22 heavy (non-hydrogen) atoms. The molecule has 0 atom stereocenters. The summed E-state index contributed by atoms with van der Waals surface area (Å²) < 4.78 is 0. The summed E-state index contributed by atoms with van der Waals surface area (Å²) in [4.78, 5) is 24.1. The highest BCUT2D eigenvalue weighted by atomic mass is 16.1. The minimum absolute atomic E-state index is 0.00748. The standard InChI is InChI=1S/C19H17NO2/c1-14(2)19(22)16-10-6-7-11-17(16)20-18(21)13-12-15-8-4-3-5-9-15/h3-11,14H,1-2H3,(H,20,21). The zero-order valence-electron chi connectivity index (χ0n) is 12.6. The highest BCUT2D eigenvalue weighted by Crippen LogP contribution is 2.18. The normalized spacial score (nSPS) is 9.77. The van der Waals surface area contributed by atoms with E-state index in [-0.39, 0.29) is 11.7 Å². The Bertz CT molecular complexity index is 737. The first-order valence-electron chi connectivity index (χ1n) is 7.09. The molecule has 3 heteroatoms. The van der Waals surface area contributed by atoms with Gasteiger partial charge in [-0.15, -0.1) is 0 Å². The van der Waals surface area contributed by atoms with Gasteiger partial charge >= 0.3 is 5.91 Å². The second-order valence-electron chi connectivity index (χ2n) is 5.13. The number of carbonyl (C=O) groups excluding carboxylic acids is 2. The van der Waals surface area contributed by atoms with Crippen molar-refractivity contribution in [3.05, 3.63) is 65.7 Å². The van der Waals surface area contributed by atoms with Crippen molar-refractivity contribution in [3.8, 4) is 11.8 Å². The predicted octanol–water partition coefficient (Wildman–Crippen LogP) is 3.52. The van der Waals surface area contributed by atoms with Crippen LogP contribution in [0.2, 0.25) is 0 Å². The van der Waals surface area contributed by atoms with Crippen molar-refractivity contribution in [2.75, 3.05) is 5.32 Å². The molecule has 0 bridgehead atoms. The minimum Gasteiger partial charge on any atom is -0.314 e. The second kappa shape index (κ2) is 7.24. The lowest BCUT2D eigenvalue weighted by molar-refractivity contribution is -0.111. The van der Waals surface area contributed by atoms with Crippen LogP contribution in [0.3, 0.4) is 0 Å². The Morgan fingerprint density at radius 2 is 1.59 bits per heavy atom. The number of para-hydroxylation sites is 1. The van der Waals surface area contributed by atoms with Gasteiger partial charge in [0.1, 0.15) is 0 Å². The van der Waals surface area contributed by atoms with Crippen LogP contribution in [0.1, 0.15) is 29.8 Å². The Kier molecular flexibility index (Phi) is 5.11. The average molecular weight is 291 g/mol. The summed E-state index contributed by atoms with van der Waals surface area (Å²) >= 11 is 0. The first-order valence-corrected chi connectivity index (χ1v) is 7.09. The smallest absolute Gasteiger partial charge is 0.300 e. The minimum atomic E-state index is -0.437. The molecule has 2 aromatic rings. The van der Waals surface area contributed by atoms with E-state index in [1.165, 1.54) is 0 Å². The van der Waals surface area contributed by atoms with Gasteiger partial charge in [-0.25, -0.2) is 0 Å². The number of hydrogen-bond acceptors (Lipinski definition) is 2. The maximum atomic E-state index is 12.1. The van der Waals surface area contributed by atoms with Crippen molar-refractivity contribution in [1.29, 1.82) is 0 Å². The maximum Gasteiger partial charge on any atom is 0.300 e. The van der Waals surface area contributed by atoms with Gasteiger partial charge in [-0.05, 0) is 24.3 Å². The van der Waals surface area contributed by atoms with Crippen molar-refractivity contribution in [2.45, 2.75) is 13.8 Å². The number of hydrogen-bond donors (Lipinski definition) is 1. The van der Waals surface area contributed by atoms with E-state index in [1.807, 2.05) is 44.2 Å². The van der Waals surface area contributed by atoms with Gasteiger partial charge in [0.05, 0.1) is 5.69 Å². The number of rotatable bonds is 3. The third-order valence-corrected chi connectivity index (χ3v) is 3.06. The number of Topliss-reactive ketones (excluding diaryl/α,β-unsaturated/α-hetero) is 1. The molecule has 0 heterocycles. The first kappa shape index (κ1) is 15.5. The van der Waals surface area contributed by atoms with Crippen LogP contribution in [0.4, 0.5) is 5.69 Å². The van der Waals surface area contributed by atoms with Crippen LogP contribution in [0.5, 0.6) is 0 Å². The predicted molar refractivity (Wildman–Crippen MR) is 87.6 cm³/mol. The molecule has 2 rings (SSSR count). The molecule has 0 radical (unpaired) electrons. The number of anilines is 1. The maximum absolute atomic E-state index is 12.1. The molecule has 1 N–H and O–H groups in total. The largest absolute Gasteiger partial charge is 0.314 e. The van der Waals surface area contributed by atoms with E-state index < -0.39 is 5.91 Å². The van der Waals surface area contributed by atoms with Gasteiger partial charge in [0.15, 0.2) is 5.78 Å². The first-order chi connectivity index (χ1) is 10.6. The highest BCUT2D eigenvalue weighted by Gasteiger charge is 2.15. The van der Waals surface area contributed by atoms with Gasteiger partial charge in [-0.1, -0.05) is 50.1 Å². The third-order valence-electron chi connectivity index (χ3n) is 3.06. The second-order valence-corrected chi connectivity index (χ2v) is 5.13. The van der Waals surface area contributed by atoms with Crippen LogP contribution in [-0.4, -0.2) is 11.7 Å². The van der Waals surface area contributed by atoms with Crippen molar-refractivity contribution in [2.24, 2.45) is 5.92 Å². The molecule has 0 unspecified atom stereocenters. The summed E-state index contributed by atoms with van der Waals surface area (Å²) in [7, 11) is 0. The number of ketones is 1. The quantitative estimate of drug-likeness (QED) is 0.694. The van der Waals surface area contributed by atoms with Gasteiger partial charge in [-0.3, -0.25) is 9.59 Å². The summed E-state index contributed by atoms with van der Waals surface area (Å²) in [5.41, 5.74) is 1.77. The van der Waals surface area contributed by atoms with Gasteiger partial charge in [-0.2, -0.15) is 0 Å². The highest BCUT2D eigenvalue weighted by molar-refractivity contribution is 6.09. The summed E-state index contributed by atoms with van der Waals surface area (Å²) in [5, 5.41) is 2.68. The van der Waals surface area contributed by atoms with Crippen LogP contribution in [0.25, 0.3) is 0 Å². The van der Waals surface area contributed by atoms with Gasteiger partial charge in [0, 0.05) is 23.0 Å². The van der Waals surface area contributed by atoms with Crippen LogP contribution < -0.4 is 5.32 Å². The van der Waals surface area contributed by atoms with E-state index in [9.17, 15) is 9.59 Å². The fourth-order valence-corrected chi connectivity index (χ4v) is 1.92. The molecule has 0 aliphatic heterocycles. The molecule has 0 saturated heterocycles. The molecule has 110 valence electrons. The van der Waals surface area contributed by atoms with Gasteiger partial charge in [0.25, 0.3) is 0 Å². The topological polar surface area (TPSA) is 46.2 Å². The number of nitrogens with one attached hydrogen (secondary N) is 1. The van der Waals surface area contributed by atoms with Gasteiger partial charge < -0.3 is 5.32 Å². The molecule has 0 spiro atoms. The fraction of sp³-hybridized carbons (Fsp3) is 0.158. The SMILES string of the molecule is CC(C)C(=O)c1ccccc1NC(=O)C#Cc1ccccc1. The Hall–Kier alpha value is -2.86. The molecule has 0 aliphatic rings. The molecule has 0 saturated carbocycles. The Labute approximate surface area is 130 Å². The van der Waals surface area contributed by atoms with Crippen molar-refractivity contribution in [3.63, 3.8) is 0 Å². The molecular weight excluding hydrogens is 274 g/mol. The van der Waals surface area contributed by atoms with Crippen LogP contribution >= 0.6 is 0 Å². The zero-order valence-corrected chi connectivity index (χ0v) is 12.6. The van der Waals surface area contributed by atoms with Crippen LogP contribution in [0, 0.1) is 17.8 Å². The van der Waals surface area contributed by atoms with Crippen molar-refractivity contribution in [1.82, 2.24) is 0 Å². The Morgan fingerprint density at radius 3 is 2.27 bits per heavy atom. The molecule has 0 aromatic heterocycles. The molecule has 1 amide bonds. The lowest BCUT2D eigenvalue weighted by Gasteiger charge is -2.10. The summed E-state index contributed by atoms with van der Waals surface area (Å²) in [5.74, 6) is 4.74. The van der Waals surface area contributed by atoms with E-state index in [2.05, 4.69) is 17.2 Å². The van der Waals surface area contributed by atoms with Crippen molar-refractivity contribution < 1.29 is 9.59 Å². The summed E-state index contributed by atoms with van der Waals surface area (Å²) in [6.45, 7) is 3.66.